The summed E-state index contributed by atoms with van der Waals surface area (Å²) in [5, 5.41) is 12.2. The van der Waals surface area contributed by atoms with Crippen LogP contribution in [0, 0.1) is 22.1 Å². The minimum absolute atomic E-state index is 0.0258. The molecule has 1 aliphatic carbocycles. The standard InChI is InChI=1S/C21H19F2IN2O3/c1-11-21(29-7-6-27)20(28)19-17(25-16-5-2-13(24)10-15(16)23)8-12(22)9-18(19)26(11)14-3-4-14/h2,5,8-10,14,25,27H,3-4,6-7H2,1H3. The lowest BCUT2D eigenvalue weighted by Crippen LogP contribution is -2.19. The van der Waals surface area contributed by atoms with Crippen molar-refractivity contribution in [2.75, 3.05) is 18.5 Å². The number of aliphatic hydroxyl groups excluding tert-OH is 1. The van der Waals surface area contributed by atoms with Crippen molar-refractivity contribution in [3.8, 4) is 5.75 Å². The van der Waals surface area contributed by atoms with E-state index in [9.17, 15) is 13.6 Å². The van der Waals surface area contributed by atoms with Crippen molar-refractivity contribution >= 4 is 44.9 Å². The summed E-state index contributed by atoms with van der Waals surface area (Å²) in [4.78, 5) is 13.2. The smallest absolute Gasteiger partial charge is 0.233 e. The highest BCUT2D eigenvalue weighted by molar-refractivity contribution is 14.1. The molecule has 0 amide bonds. The van der Waals surface area contributed by atoms with E-state index in [0.29, 0.717) is 11.2 Å². The van der Waals surface area contributed by atoms with Gasteiger partial charge >= 0.3 is 0 Å². The minimum atomic E-state index is -0.525. The van der Waals surface area contributed by atoms with Crippen LogP contribution in [0.4, 0.5) is 20.2 Å². The van der Waals surface area contributed by atoms with E-state index in [4.69, 9.17) is 9.84 Å². The van der Waals surface area contributed by atoms with Crippen LogP contribution in [-0.2, 0) is 0 Å². The van der Waals surface area contributed by atoms with Gasteiger partial charge in [-0.15, -0.1) is 0 Å². The number of hydrogen-bond donors (Lipinski definition) is 2. The third kappa shape index (κ3) is 3.83. The zero-order valence-corrected chi connectivity index (χ0v) is 17.8. The number of pyridine rings is 1. The molecule has 3 aromatic rings. The largest absolute Gasteiger partial charge is 0.485 e. The number of anilines is 2. The monoisotopic (exact) mass is 512 g/mol. The Morgan fingerprint density at radius 3 is 2.66 bits per heavy atom. The summed E-state index contributed by atoms with van der Waals surface area (Å²) >= 11 is 2.00. The maximum absolute atomic E-state index is 14.5. The SMILES string of the molecule is Cc1c(OCCO)c(=O)c2c(Nc3ccc(I)cc3F)cc(F)cc2n1C1CC1. The first-order valence-electron chi connectivity index (χ1n) is 9.24. The number of aromatic nitrogens is 1. The summed E-state index contributed by atoms with van der Waals surface area (Å²) in [5.74, 6) is -0.903. The highest BCUT2D eigenvalue weighted by Gasteiger charge is 2.29. The van der Waals surface area contributed by atoms with Crippen molar-refractivity contribution in [3.05, 3.63) is 61.5 Å². The fourth-order valence-electron chi connectivity index (χ4n) is 3.54. The summed E-state index contributed by atoms with van der Waals surface area (Å²) in [6, 6.07) is 7.28. The van der Waals surface area contributed by atoms with Gasteiger partial charge in [-0.25, -0.2) is 8.78 Å². The molecule has 0 radical (unpaired) electrons. The van der Waals surface area contributed by atoms with Crippen LogP contribution in [0.1, 0.15) is 24.6 Å². The van der Waals surface area contributed by atoms with Gasteiger partial charge in [-0.05, 0) is 72.7 Å². The van der Waals surface area contributed by atoms with E-state index in [1.807, 2.05) is 27.2 Å². The molecular weight excluding hydrogens is 493 g/mol. The van der Waals surface area contributed by atoms with E-state index in [-0.39, 0.29) is 41.8 Å². The Morgan fingerprint density at radius 2 is 2.00 bits per heavy atom. The Kier molecular flexibility index (Phi) is 5.48. The van der Waals surface area contributed by atoms with Crippen molar-refractivity contribution in [1.29, 1.82) is 0 Å². The molecule has 8 heteroatoms. The Hall–Kier alpha value is -2.20. The van der Waals surface area contributed by atoms with E-state index in [0.717, 1.165) is 16.4 Å². The second-order valence-electron chi connectivity index (χ2n) is 7.01. The zero-order chi connectivity index (χ0) is 20.7. The topological polar surface area (TPSA) is 63.5 Å². The van der Waals surface area contributed by atoms with E-state index in [1.54, 1.807) is 19.1 Å². The minimum Gasteiger partial charge on any atom is -0.485 e. The number of nitrogens with one attached hydrogen (secondary N) is 1. The van der Waals surface area contributed by atoms with Crippen molar-refractivity contribution in [2.24, 2.45) is 0 Å². The molecule has 4 rings (SSSR count). The molecule has 5 nitrogen and oxygen atoms in total. The van der Waals surface area contributed by atoms with Gasteiger partial charge in [0.15, 0.2) is 5.75 Å². The summed E-state index contributed by atoms with van der Waals surface area (Å²) in [5.41, 5.74) is 0.938. The molecule has 0 spiro atoms. The molecule has 1 aromatic heterocycles. The second kappa shape index (κ2) is 7.91. The third-order valence-corrected chi connectivity index (χ3v) is 5.59. The first-order valence-corrected chi connectivity index (χ1v) is 10.3. The molecule has 0 aliphatic heterocycles. The van der Waals surface area contributed by atoms with Gasteiger partial charge in [0.05, 0.1) is 34.6 Å². The predicted octanol–water partition coefficient (Wildman–Crippen LogP) is 4.64. The van der Waals surface area contributed by atoms with Crippen LogP contribution in [0.3, 0.4) is 0 Å². The van der Waals surface area contributed by atoms with Crippen molar-refractivity contribution in [1.82, 2.24) is 4.57 Å². The molecule has 1 fully saturated rings. The van der Waals surface area contributed by atoms with Crippen LogP contribution in [-0.4, -0.2) is 22.9 Å². The van der Waals surface area contributed by atoms with Gasteiger partial charge in [0.1, 0.15) is 18.2 Å². The lowest BCUT2D eigenvalue weighted by molar-refractivity contribution is 0.198. The van der Waals surface area contributed by atoms with Gasteiger partial charge in [-0.2, -0.15) is 0 Å². The van der Waals surface area contributed by atoms with Crippen LogP contribution in [0.5, 0.6) is 5.75 Å². The summed E-state index contributed by atoms with van der Waals surface area (Å²) in [6.07, 6.45) is 1.84. The average molecular weight is 512 g/mol. The Bertz CT molecular complexity index is 1160. The third-order valence-electron chi connectivity index (χ3n) is 4.92. The number of benzene rings is 2. The summed E-state index contributed by atoms with van der Waals surface area (Å²) in [6.45, 7) is 1.49. The van der Waals surface area contributed by atoms with Crippen LogP contribution >= 0.6 is 22.6 Å². The second-order valence-corrected chi connectivity index (χ2v) is 8.26. The first-order chi connectivity index (χ1) is 13.9. The molecule has 1 saturated carbocycles. The molecular formula is C21H19F2IN2O3. The zero-order valence-electron chi connectivity index (χ0n) is 15.6. The van der Waals surface area contributed by atoms with E-state index in [1.165, 1.54) is 18.2 Å². The molecule has 29 heavy (non-hydrogen) atoms. The van der Waals surface area contributed by atoms with Crippen LogP contribution in [0.15, 0.2) is 35.1 Å². The lowest BCUT2D eigenvalue weighted by Gasteiger charge is -2.20. The molecule has 0 atom stereocenters. The number of hydrogen-bond acceptors (Lipinski definition) is 4. The molecule has 0 unspecified atom stereocenters. The molecule has 1 heterocycles. The van der Waals surface area contributed by atoms with Crippen molar-refractivity contribution in [2.45, 2.75) is 25.8 Å². The number of fused-ring (bicyclic) bond motifs is 1. The number of ether oxygens (including phenoxy) is 1. The number of rotatable bonds is 6. The fourth-order valence-corrected chi connectivity index (χ4v) is 4.00. The highest BCUT2D eigenvalue weighted by Crippen LogP contribution is 2.41. The number of nitrogens with zero attached hydrogens (tertiary/aromatic N) is 1. The summed E-state index contributed by atoms with van der Waals surface area (Å²) in [7, 11) is 0. The van der Waals surface area contributed by atoms with Crippen LogP contribution < -0.4 is 15.5 Å². The number of halogens is 3. The van der Waals surface area contributed by atoms with Crippen LogP contribution in [0.2, 0.25) is 0 Å². The summed E-state index contributed by atoms with van der Waals surface area (Å²) < 4.78 is 37.0. The van der Waals surface area contributed by atoms with Gasteiger partial charge in [0, 0.05) is 9.61 Å². The fraction of sp³-hybridized carbons (Fsp3) is 0.286. The molecule has 0 saturated heterocycles. The Labute approximate surface area is 179 Å². The van der Waals surface area contributed by atoms with Gasteiger partial charge < -0.3 is 19.7 Å². The normalized spacial score (nSPS) is 13.7. The molecule has 0 bridgehead atoms. The molecule has 2 aromatic carbocycles. The maximum atomic E-state index is 14.5. The van der Waals surface area contributed by atoms with Crippen molar-refractivity contribution < 1.29 is 18.6 Å². The highest BCUT2D eigenvalue weighted by atomic mass is 127. The van der Waals surface area contributed by atoms with E-state index < -0.39 is 17.1 Å². The van der Waals surface area contributed by atoms with E-state index in [2.05, 4.69) is 5.32 Å². The average Bonchev–Trinajstić information content (AvgIpc) is 3.48. The van der Waals surface area contributed by atoms with Gasteiger partial charge in [0.2, 0.25) is 5.43 Å². The molecule has 2 N–H and O–H groups in total. The first kappa shape index (κ1) is 20.1. The quantitative estimate of drug-likeness (QED) is 0.473. The predicted molar refractivity (Wildman–Crippen MR) is 116 cm³/mol. The van der Waals surface area contributed by atoms with Gasteiger partial charge in [-0.1, -0.05) is 0 Å². The maximum Gasteiger partial charge on any atom is 0.233 e. The van der Waals surface area contributed by atoms with Gasteiger partial charge in [0.25, 0.3) is 0 Å². The van der Waals surface area contributed by atoms with Crippen LogP contribution in [0.25, 0.3) is 10.9 Å². The Morgan fingerprint density at radius 1 is 1.24 bits per heavy atom. The lowest BCUT2D eigenvalue weighted by atomic mass is 10.1. The molecule has 1 aliphatic rings. The van der Waals surface area contributed by atoms with Gasteiger partial charge in [-0.3, -0.25) is 4.79 Å². The molecule has 152 valence electrons. The van der Waals surface area contributed by atoms with Crippen molar-refractivity contribution in [3.63, 3.8) is 0 Å². The Balaban J connectivity index is 1.97. The van der Waals surface area contributed by atoms with E-state index >= 15 is 0 Å². The number of aliphatic hydroxyl groups is 1.